The quantitative estimate of drug-likeness (QED) is 0.659. The first-order valence-corrected chi connectivity index (χ1v) is 6.46. The number of nitrogens with zero attached hydrogens (tertiary/aromatic N) is 2. The van der Waals surface area contributed by atoms with Gasteiger partial charge >= 0.3 is 6.01 Å². The van der Waals surface area contributed by atoms with E-state index in [9.17, 15) is 0 Å². The highest BCUT2D eigenvalue weighted by Crippen LogP contribution is 2.20. The van der Waals surface area contributed by atoms with Gasteiger partial charge in [0, 0.05) is 6.20 Å². The monoisotopic (exact) mass is 251 g/mol. The van der Waals surface area contributed by atoms with Crippen LogP contribution in [0.15, 0.2) is 12.3 Å². The van der Waals surface area contributed by atoms with Crippen molar-refractivity contribution < 1.29 is 4.74 Å². The lowest BCUT2D eigenvalue weighted by atomic mass is 10.2. The zero-order chi connectivity index (χ0) is 12.1. The van der Waals surface area contributed by atoms with Crippen LogP contribution in [0.3, 0.4) is 0 Å². The van der Waals surface area contributed by atoms with Crippen LogP contribution in [0, 0.1) is 0 Å². The number of hydrogen-bond donors (Lipinski definition) is 1. The fourth-order valence-corrected chi connectivity index (χ4v) is 2.16. The Labute approximate surface area is 107 Å². The Morgan fingerprint density at radius 3 is 2.65 bits per heavy atom. The maximum Gasteiger partial charge on any atom is 0.317 e. The van der Waals surface area contributed by atoms with E-state index in [0.29, 0.717) is 11.7 Å². The lowest BCUT2D eigenvalue weighted by Crippen LogP contribution is -2.18. The molecular formula is C12H17N3OS. The van der Waals surface area contributed by atoms with Crippen molar-refractivity contribution in [2.24, 2.45) is 5.73 Å². The van der Waals surface area contributed by atoms with E-state index >= 15 is 0 Å². The molecule has 0 amide bonds. The number of nitrogens with two attached hydrogens (primary N) is 1. The number of ether oxygens (including phenoxy) is 1. The number of aromatic nitrogens is 2. The van der Waals surface area contributed by atoms with Crippen molar-refractivity contribution in [3.05, 3.63) is 18.0 Å². The van der Waals surface area contributed by atoms with Gasteiger partial charge < -0.3 is 10.5 Å². The SMILES string of the molecule is NC(=S)c1ccnc(OC2CCCCCC2)n1. The van der Waals surface area contributed by atoms with Gasteiger partial charge in [0.25, 0.3) is 0 Å². The molecule has 1 saturated carbocycles. The van der Waals surface area contributed by atoms with Crippen molar-refractivity contribution >= 4 is 17.2 Å². The summed E-state index contributed by atoms with van der Waals surface area (Å²) in [6, 6.07) is 2.09. The van der Waals surface area contributed by atoms with E-state index in [0.717, 1.165) is 12.8 Å². The van der Waals surface area contributed by atoms with Gasteiger partial charge in [-0.3, -0.25) is 0 Å². The average molecular weight is 251 g/mol. The van der Waals surface area contributed by atoms with E-state index < -0.39 is 0 Å². The lowest BCUT2D eigenvalue weighted by molar-refractivity contribution is 0.168. The first-order valence-electron chi connectivity index (χ1n) is 6.05. The number of hydrogen-bond acceptors (Lipinski definition) is 4. The fraction of sp³-hybridized carbons (Fsp3) is 0.583. The predicted octanol–water partition coefficient (Wildman–Crippen LogP) is 2.21. The summed E-state index contributed by atoms with van der Waals surface area (Å²) >= 11 is 4.88. The molecule has 2 N–H and O–H groups in total. The Hall–Kier alpha value is -1.23. The molecule has 4 nitrogen and oxygen atoms in total. The minimum atomic E-state index is 0.235. The van der Waals surface area contributed by atoms with E-state index in [1.54, 1.807) is 12.3 Å². The van der Waals surface area contributed by atoms with E-state index in [2.05, 4.69) is 9.97 Å². The smallest absolute Gasteiger partial charge is 0.317 e. The molecular weight excluding hydrogens is 234 g/mol. The van der Waals surface area contributed by atoms with Crippen molar-refractivity contribution in [2.75, 3.05) is 0 Å². The molecule has 1 heterocycles. The summed E-state index contributed by atoms with van der Waals surface area (Å²) in [6.07, 6.45) is 9.08. The van der Waals surface area contributed by atoms with Gasteiger partial charge in [0.2, 0.25) is 0 Å². The lowest BCUT2D eigenvalue weighted by Gasteiger charge is -2.15. The second-order valence-electron chi connectivity index (χ2n) is 4.32. The highest BCUT2D eigenvalue weighted by atomic mass is 32.1. The van der Waals surface area contributed by atoms with Crippen LogP contribution in [0.2, 0.25) is 0 Å². The van der Waals surface area contributed by atoms with E-state index in [1.807, 2.05) is 0 Å². The van der Waals surface area contributed by atoms with Gasteiger partial charge in [0.05, 0.1) is 0 Å². The molecule has 0 aromatic carbocycles. The molecule has 1 aliphatic carbocycles. The van der Waals surface area contributed by atoms with Crippen LogP contribution in [0.5, 0.6) is 6.01 Å². The minimum Gasteiger partial charge on any atom is -0.460 e. The first kappa shape index (κ1) is 12.2. The predicted molar refractivity (Wildman–Crippen MR) is 70.0 cm³/mol. The molecule has 0 atom stereocenters. The third-order valence-electron chi connectivity index (χ3n) is 2.96. The number of thiocarbonyl (C=S) groups is 1. The summed E-state index contributed by atoms with van der Waals surface area (Å²) in [7, 11) is 0. The molecule has 0 aliphatic heterocycles. The molecule has 1 aromatic heterocycles. The highest BCUT2D eigenvalue weighted by molar-refractivity contribution is 7.80. The summed E-state index contributed by atoms with van der Waals surface area (Å²) in [5.74, 6) is 0. The van der Waals surface area contributed by atoms with Crippen LogP contribution < -0.4 is 10.5 Å². The third-order valence-corrected chi connectivity index (χ3v) is 3.17. The number of rotatable bonds is 3. The van der Waals surface area contributed by atoms with Gasteiger partial charge in [-0.15, -0.1) is 0 Å². The van der Waals surface area contributed by atoms with Crippen LogP contribution in [-0.2, 0) is 0 Å². The first-order chi connectivity index (χ1) is 8.25. The van der Waals surface area contributed by atoms with E-state index in [-0.39, 0.29) is 11.1 Å². The molecule has 0 saturated heterocycles. The molecule has 5 heteroatoms. The van der Waals surface area contributed by atoms with Gasteiger partial charge in [-0.25, -0.2) is 4.98 Å². The average Bonchev–Trinajstić information content (AvgIpc) is 2.58. The highest BCUT2D eigenvalue weighted by Gasteiger charge is 2.15. The van der Waals surface area contributed by atoms with Crippen LogP contribution in [0.25, 0.3) is 0 Å². The molecule has 92 valence electrons. The molecule has 1 aliphatic rings. The van der Waals surface area contributed by atoms with Crippen molar-refractivity contribution in [3.8, 4) is 6.01 Å². The largest absolute Gasteiger partial charge is 0.460 e. The summed E-state index contributed by atoms with van der Waals surface area (Å²) in [5, 5.41) is 0. The van der Waals surface area contributed by atoms with Gasteiger partial charge in [-0.05, 0) is 31.7 Å². The zero-order valence-corrected chi connectivity index (χ0v) is 10.6. The maximum absolute atomic E-state index is 5.79. The summed E-state index contributed by atoms with van der Waals surface area (Å²) < 4.78 is 5.79. The Kier molecular flexibility index (Phi) is 4.25. The van der Waals surface area contributed by atoms with Gasteiger partial charge in [0.15, 0.2) is 0 Å². The molecule has 0 spiro atoms. The van der Waals surface area contributed by atoms with Crippen molar-refractivity contribution in [1.82, 2.24) is 9.97 Å². The Balaban J connectivity index is 2.01. The third kappa shape index (κ3) is 3.63. The zero-order valence-electron chi connectivity index (χ0n) is 9.76. The van der Waals surface area contributed by atoms with E-state index in [4.69, 9.17) is 22.7 Å². The van der Waals surface area contributed by atoms with Gasteiger partial charge in [0.1, 0.15) is 16.8 Å². The Morgan fingerprint density at radius 1 is 1.29 bits per heavy atom. The summed E-state index contributed by atoms with van der Waals surface area (Å²) in [4.78, 5) is 8.57. The standard InChI is InChI=1S/C12H17N3OS/c13-11(17)10-7-8-14-12(15-10)16-9-5-3-1-2-4-6-9/h7-9H,1-6H2,(H2,13,17). The Morgan fingerprint density at radius 2 is 2.00 bits per heavy atom. The maximum atomic E-state index is 5.79. The molecule has 17 heavy (non-hydrogen) atoms. The van der Waals surface area contributed by atoms with Crippen LogP contribution in [0.1, 0.15) is 44.2 Å². The van der Waals surface area contributed by atoms with E-state index in [1.165, 1.54) is 25.7 Å². The summed E-state index contributed by atoms with van der Waals surface area (Å²) in [5.41, 5.74) is 6.09. The van der Waals surface area contributed by atoms with Crippen LogP contribution >= 0.6 is 12.2 Å². The fourth-order valence-electron chi connectivity index (χ4n) is 2.04. The molecule has 1 fully saturated rings. The van der Waals surface area contributed by atoms with Crippen molar-refractivity contribution in [1.29, 1.82) is 0 Å². The second-order valence-corrected chi connectivity index (χ2v) is 4.76. The topological polar surface area (TPSA) is 61.0 Å². The summed E-state index contributed by atoms with van der Waals surface area (Å²) in [6.45, 7) is 0. The molecule has 1 aromatic rings. The van der Waals surface area contributed by atoms with Gasteiger partial charge in [-0.2, -0.15) is 4.98 Å². The second kappa shape index (κ2) is 5.91. The van der Waals surface area contributed by atoms with Crippen molar-refractivity contribution in [2.45, 2.75) is 44.6 Å². The van der Waals surface area contributed by atoms with Crippen molar-refractivity contribution in [3.63, 3.8) is 0 Å². The molecule has 0 bridgehead atoms. The molecule has 0 unspecified atom stereocenters. The molecule has 0 radical (unpaired) electrons. The van der Waals surface area contributed by atoms with Crippen LogP contribution in [0.4, 0.5) is 0 Å². The normalized spacial score (nSPS) is 17.4. The molecule has 2 rings (SSSR count). The van der Waals surface area contributed by atoms with Gasteiger partial charge in [-0.1, -0.05) is 25.1 Å². The Bertz CT molecular complexity index is 389. The van der Waals surface area contributed by atoms with Crippen LogP contribution in [-0.4, -0.2) is 21.1 Å². The minimum absolute atomic E-state index is 0.235.